The van der Waals surface area contributed by atoms with Gasteiger partial charge in [0.25, 0.3) is 0 Å². The molecule has 0 bridgehead atoms. The molecule has 0 radical (unpaired) electrons. The second-order valence-corrected chi connectivity index (χ2v) is 6.49. The van der Waals surface area contributed by atoms with Crippen molar-refractivity contribution < 1.29 is 14.6 Å². The van der Waals surface area contributed by atoms with Crippen LogP contribution in [0.3, 0.4) is 0 Å². The minimum atomic E-state index is -0.401. The summed E-state index contributed by atoms with van der Waals surface area (Å²) in [6, 6.07) is 11.9. The highest BCUT2D eigenvalue weighted by Crippen LogP contribution is 2.34. The van der Waals surface area contributed by atoms with Gasteiger partial charge in [0.1, 0.15) is 6.61 Å². The number of aryl methyl sites for hydroxylation is 1. The van der Waals surface area contributed by atoms with Crippen LogP contribution < -0.4 is 14.8 Å². The molecule has 0 heterocycles. The van der Waals surface area contributed by atoms with Gasteiger partial charge in [0.05, 0.1) is 12.7 Å². The molecule has 136 valence electrons. The highest BCUT2D eigenvalue weighted by molar-refractivity contribution is 6.31. The van der Waals surface area contributed by atoms with Gasteiger partial charge in [-0.3, -0.25) is 0 Å². The van der Waals surface area contributed by atoms with Crippen molar-refractivity contribution in [2.24, 2.45) is 0 Å². The lowest BCUT2D eigenvalue weighted by molar-refractivity contribution is 0.191. The van der Waals surface area contributed by atoms with Gasteiger partial charge in [0.15, 0.2) is 11.5 Å². The maximum Gasteiger partial charge on any atom is 0.163 e. The van der Waals surface area contributed by atoms with Crippen LogP contribution in [0.1, 0.15) is 30.5 Å². The minimum absolute atomic E-state index is 0.401. The number of aliphatic hydroxyl groups is 1. The fourth-order valence-electron chi connectivity index (χ4n) is 2.47. The Morgan fingerprint density at radius 3 is 2.60 bits per heavy atom. The zero-order valence-electron chi connectivity index (χ0n) is 15.0. The van der Waals surface area contributed by atoms with Crippen LogP contribution in [0.5, 0.6) is 11.5 Å². The molecule has 4 nitrogen and oxygen atoms in total. The van der Waals surface area contributed by atoms with E-state index in [9.17, 15) is 5.11 Å². The third kappa shape index (κ3) is 6.24. The van der Waals surface area contributed by atoms with Gasteiger partial charge in [-0.2, -0.15) is 0 Å². The van der Waals surface area contributed by atoms with Gasteiger partial charge in [-0.15, -0.1) is 0 Å². The number of hydrogen-bond acceptors (Lipinski definition) is 4. The van der Waals surface area contributed by atoms with E-state index in [2.05, 4.69) is 24.4 Å². The first-order valence-corrected chi connectivity index (χ1v) is 8.89. The zero-order chi connectivity index (χ0) is 18.2. The second-order valence-electron chi connectivity index (χ2n) is 6.08. The van der Waals surface area contributed by atoms with Gasteiger partial charge >= 0.3 is 0 Å². The summed E-state index contributed by atoms with van der Waals surface area (Å²) in [4.78, 5) is 0. The number of nitrogens with one attached hydrogen (secondary N) is 1. The van der Waals surface area contributed by atoms with E-state index in [1.54, 1.807) is 13.0 Å². The largest absolute Gasteiger partial charge is 0.490 e. The molecular formula is C20H26ClNO3. The molecule has 0 saturated heterocycles. The van der Waals surface area contributed by atoms with Crippen LogP contribution in [0.4, 0.5) is 0 Å². The SMILES string of the molecule is CCOc1cc(CNCC(C)O)c(Cl)cc1OCc1cccc(C)c1. The molecule has 0 aliphatic carbocycles. The van der Waals surface area contributed by atoms with E-state index in [4.69, 9.17) is 21.1 Å². The molecule has 0 aliphatic rings. The highest BCUT2D eigenvalue weighted by Gasteiger charge is 2.12. The Balaban J connectivity index is 2.12. The molecule has 0 aromatic heterocycles. The third-order valence-corrected chi connectivity index (χ3v) is 4.00. The first-order chi connectivity index (χ1) is 12.0. The van der Waals surface area contributed by atoms with E-state index < -0.39 is 6.10 Å². The van der Waals surface area contributed by atoms with E-state index >= 15 is 0 Å². The molecule has 0 aliphatic heterocycles. The molecule has 0 saturated carbocycles. The normalized spacial score (nSPS) is 12.0. The predicted octanol–water partition coefficient (Wildman–Crippen LogP) is 4.10. The standard InChI is InChI=1S/C20H26ClNO3/c1-4-24-19-9-17(12-22-11-15(3)23)18(21)10-20(19)25-13-16-7-5-6-14(2)8-16/h5-10,15,22-23H,4,11-13H2,1-3H3. The topological polar surface area (TPSA) is 50.7 Å². The van der Waals surface area contributed by atoms with Crippen molar-refractivity contribution in [3.8, 4) is 11.5 Å². The molecule has 0 amide bonds. The fourth-order valence-corrected chi connectivity index (χ4v) is 2.69. The van der Waals surface area contributed by atoms with Gasteiger partial charge in [-0.1, -0.05) is 41.4 Å². The van der Waals surface area contributed by atoms with Gasteiger partial charge in [0.2, 0.25) is 0 Å². The number of rotatable bonds is 9. The fraction of sp³-hybridized carbons (Fsp3) is 0.400. The van der Waals surface area contributed by atoms with Crippen LogP contribution in [0.2, 0.25) is 5.02 Å². The van der Waals surface area contributed by atoms with E-state index in [1.165, 1.54) is 5.56 Å². The Bertz CT molecular complexity index is 689. The number of hydrogen-bond donors (Lipinski definition) is 2. The summed E-state index contributed by atoms with van der Waals surface area (Å²) in [6.07, 6.45) is -0.401. The Kier molecular flexibility index (Phi) is 7.56. The molecule has 1 unspecified atom stereocenters. The quantitative estimate of drug-likeness (QED) is 0.704. The zero-order valence-corrected chi connectivity index (χ0v) is 15.8. The minimum Gasteiger partial charge on any atom is -0.490 e. The van der Waals surface area contributed by atoms with Crippen LogP contribution in [0.15, 0.2) is 36.4 Å². The molecular weight excluding hydrogens is 338 g/mol. The number of ether oxygens (including phenoxy) is 2. The van der Waals surface area contributed by atoms with Crippen molar-refractivity contribution in [1.29, 1.82) is 0 Å². The van der Waals surface area contributed by atoms with Gasteiger partial charge in [0, 0.05) is 24.2 Å². The first-order valence-electron chi connectivity index (χ1n) is 8.52. The Morgan fingerprint density at radius 1 is 1.16 bits per heavy atom. The van der Waals surface area contributed by atoms with Crippen LogP contribution in [0, 0.1) is 6.92 Å². The second kappa shape index (κ2) is 9.66. The van der Waals surface area contributed by atoms with Crippen molar-refractivity contribution in [3.63, 3.8) is 0 Å². The summed E-state index contributed by atoms with van der Waals surface area (Å²) in [5.41, 5.74) is 3.21. The van der Waals surface area contributed by atoms with Crippen molar-refractivity contribution in [3.05, 3.63) is 58.1 Å². The molecule has 2 aromatic carbocycles. The van der Waals surface area contributed by atoms with Gasteiger partial charge in [-0.25, -0.2) is 0 Å². The Labute approximate surface area is 154 Å². The van der Waals surface area contributed by atoms with Gasteiger partial charge in [-0.05, 0) is 38.0 Å². The smallest absolute Gasteiger partial charge is 0.163 e. The average Bonchev–Trinajstić information content (AvgIpc) is 2.56. The molecule has 0 spiro atoms. The predicted molar refractivity (Wildman–Crippen MR) is 102 cm³/mol. The molecule has 2 N–H and O–H groups in total. The maximum atomic E-state index is 9.34. The number of benzene rings is 2. The highest BCUT2D eigenvalue weighted by atomic mass is 35.5. The van der Waals surface area contributed by atoms with Crippen molar-refractivity contribution >= 4 is 11.6 Å². The average molecular weight is 364 g/mol. The molecule has 25 heavy (non-hydrogen) atoms. The monoisotopic (exact) mass is 363 g/mol. The van der Waals surface area contributed by atoms with E-state index in [0.717, 1.165) is 11.1 Å². The van der Waals surface area contributed by atoms with E-state index in [0.29, 0.717) is 42.8 Å². The summed E-state index contributed by atoms with van der Waals surface area (Å²) in [6.45, 7) is 7.79. The molecule has 5 heteroatoms. The van der Waals surface area contributed by atoms with E-state index in [-0.39, 0.29) is 0 Å². The number of halogens is 1. The molecule has 0 fully saturated rings. The van der Waals surface area contributed by atoms with Crippen molar-refractivity contribution in [1.82, 2.24) is 5.32 Å². The molecule has 1 atom stereocenters. The van der Waals surface area contributed by atoms with Crippen molar-refractivity contribution in [2.45, 2.75) is 40.0 Å². The van der Waals surface area contributed by atoms with Crippen LogP contribution >= 0.6 is 11.6 Å². The van der Waals surface area contributed by atoms with E-state index in [1.807, 2.05) is 25.1 Å². The summed E-state index contributed by atoms with van der Waals surface area (Å²) < 4.78 is 11.7. The summed E-state index contributed by atoms with van der Waals surface area (Å²) in [5, 5.41) is 13.1. The first kappa shape index (κ1) is 19.6. The van der Waals surface area contributed by atoms with Gasteiger partial charge < -0.3 is 19.9 Å². The summed E-state index contributed by atoms with van der Waals surface area (Å²) in [5.74, 6) is 1.31. The molecule has 2 rings (SSSR count). The lowest BCUT2D eigenvalue weighted by Gasteiger charge is -2.16. The molecule has 2 aromatic rings. The van der Waals surface area contributed by atoms with Crippen LogP contribution in [0.25, 0.3) is 0 Å². The summed E-state index contributed by atoms with van der Waals surface area (Å²) >= 11 is 6.39. The number of aliphatic hydroxyl groups excluding tert-OH is 1. The van der Waals surface area contributed by atoms with Crippen LogP contribution in [-0.4, -0.2) is 24.4 Å². The Morgan fingerprint density at radius 2 is 1.92 bits per heavy atom. The summed E-state index contributed by atoms with van der Waals surface area (Å²) in [7, 11) is 0. The third-order valence-electron chi connectivity index (χ3n) is 3.64. The lowest BCUT2D eigenvalue weighted by Crippen LogP contribution is -2.24. The Hall–Kier alpha value is -1.75. The maximum absolute atomic E-state index is 9.34. The lowest BCUT2D eigenvalue weighted by atomic mass is 10.1. The van der Waals surface area contributed by atoms with Crippen molar-refractivity contribution in [2.75, 3.05) is 13.2 Å². The van der Waals surface area contributed by atoms with Crippen LogP contribution in [-0.2, 0) is 13.2 Å².